The van der Waals surface area contributed by atoms with E-state index >= 15 is 0 Å². The minimum atomic E-state index is -0.579. The van der Waals surface area contributed by atoms with E-state index in [1.54, 1.807) is 12.0 Å². The molecule has 3 N–H and O–H groups in total. The number of rotatable bonds is 3. The molecule has 2 aliphatic rings. The Hall–Kier alpha value is -0.650. The van der Waals surface area contributed by atoms with Gasteiger partial charge in [-0.2, -0.15) is 0 Å². The van der Waals surface area contributed by atoms with E-state index in [4.69, 9.17) is 10.5 Å². The van der Waals surface area contributed by atoms with E-state index < -0.39 is 11.6 Å². The van der Waals surface area contributed by atoms with Crippen molar-refractivity contribution in [2.24, 2.45) is 11.7 Å². The Balaban J connectivity index is 1.96. The number of nitrogens with two attached hydrogens (primary N) is 1. The van der Waals surface area contributed by atoms with Crippen molar-refractivity contribution in [1.29, 1.82) is 0 Å². The number of likely N-dealkylation sites (tertiary alicyclic amines) is 1. The van der Waals surface area contributed by atoms with Crippen molar-refractivity contribution in [1.82, 2.24) is 4.90 Å². The van der Waals surface area contributed by atoms with Crippen molar-refractivity contribution in [2.75, 3.05) is 26.8 Å². The molecule has 0 aromatic heterocycles. The molecular weight excluding hydrogens is 232 g/mol. The first-order valence-electron chi connectivity index (χ1n) is 6.82. The van der Waals surface area contributed by atoms with Gasteiger partial charge in [0.05, 0.1) is 12.2 Å². The van der Waals surface area contributed by atoms with Crippen LogP contribution in [0.4, 0.5) is 0 Å². The number of piperidine rings is 1. The Morgan fingerprint density at radius 2 is 2.33 bits per heavy atom. The summed E-state index contributed by atoms with van der Waals surface area (Å²) in [7, 11) is 1.54. The number of fused-ring (bicyclic) bond motifs is 1. The van der Waals surface area contributed by atoms with Crippen LogP contribution in [0, 0.1) is 5.92 Å². The summed E-state index contributed by atoms with van der Waals surface area (Å²) in [6.45, 7) is 1.51. The monoisotopic (exact) mass is 256 g/mol. The van der Waals surface area contributed by atoms with Crippen LogP contribution in [0.15, 0.2) is 0 Å². The molecule has 0 bridgehead atoms. The summed E-state index contributed by atoms with van der Waals surface area (Å²) >= 11 is 0. The predicted octanol–water partition coefficient (Wildman–Crippen LogP) is 0.114. The molecule has 1 aliphatic carbocycles. The Labute approximate surface area is 108 Å². The van der Waals surface area contributed by atoms with E-state index in [9.17, 15) is 9.90 Å². The van der Waals surface area contributed by atoms with Crippen LogP contribution >= 0.6 is 0 Å². The maximum Gasteiger partial charge on any atom is 0.241 e. The maximum absolute atomic E-state index is 12.1. The van der Waals surface area contributed by atoms with Gasteiger partial charge < -0.3 is 20.5 Å². The van der Waals surface area contributed by atoms with E-state index in [1.165, 1.54) is 0 Å². The molecule has 0 radical (unpaired) electrons. The average molecular weight is 256 g/mol. The van der Waals surface area contributed by atoms with Crippen LogP contribution < -0.4 is 5.73 Å². The second-order valence-corrected chi connectivity index (χ2v) is 5.64. The molecule has 104 valence electrons. The summed E-state index contributed by atoms with van der Waals surface area (Å²) in [5, 5.41) is 10.5. The van der Waals surface area contributed by atoms with Crippen molar-refractivity contribution in [3.05, 3.63) is 0 Å². The van der Waals surface area contributed by atoms with Crippen LogP contribution in [-0.2, 0) is 9.53 Å². The standard InChI is InChI=1S/C13H24N2O3/c1-18-9-11(14)12(16)15-7-6-13(17)5-3-2-4-10(13)8-15/h10-11,17H,2-9,14H2,1H3. The Kier molecular flexibility index (Phi) is 4.25. The highest BCUT2D eigenvalue weighted by Gasteiger charge is 2.44. The van der Waals surface area contributed by atoms with Gasteiger partial charge in [0.2, 0.25) is 5.91 Å². The van der Waals surface area contributed by atoms with Gasteiger partial charge in [-0.3, -0.25) is 4.79 Å². The van der Waals surface area contributed by atoms with Gasteiger partial charge in [-0.1, -0.05) is 12.8 Å². The van der Waals surface area contributed by atoms with E-state index in [2.05, 4.69) is 0 Å². The third-order valence-corrected chi connectivity index (χ3v) is 4.40. The third-order valence-electron chi connectivity index (χ3n) is 4.40. The molecule has 5 heteroatoms. The summed E-state index contributed by atoms with van der Waals surface area (Å²) in [6, 6.07) is -0.579. The first-order valence-corrected chi connectivity index (χ1v) is 6.82. The number of methoxy groups -OCH3 is 1. The molecule has 18 heavy (non-hydrogen) atoms. The number of hydrogen-bond donors (Lipinski definition) is 2. The lowest BCUT2D eigenvalue weighted by Gasteiger charge is -2.47. The van der Waals surface area contributed by atoms with Gasteiger partial charge in [0.1, 0.15) is 6.04 Å². The number of ether oxygens (including phenoxy) is 1. The quantitative estimate of drug-likeness (QED) is 0.751. The minimum Gasteiger partial charge on any atom is -0.389 e. The molecule has 5 nitrogen and oxygen atoms in total. The molecule has 2 rings (SSSR count). The normalized spacial score (nSPS) is 33.9. The summed E-state index contributed by atoms with van der Waals surface area (Å²) in [5.74, 6) is 0.170. The second-order valence-electron chi connectivity index (χ2n) is 5.64. The third kappa shape index (κ3) is 2.68. The Morgan fingerprint density at radius 1 is 1.56 bits per heavy atom. The van der Waals surface area contributed by atoms with E-state index in [0.29, 0.717) is 19.5 Å². The van der Waals surface area contributed by atoms with Crippen molar-refractivity contribution in [3.63, 3.8) is 0 Å². The Morgan fingerprint density at radius 3 is 3.06 bits per heavy atom. The highest BCUT2D eigenvalue weighted by Crippen LogP contribution is 2.39. The molecule has 2 fully saturated rings. The largest absolute Gasteiger partial charge is 0.389 e. The lowest BCUT2D eigenvalue weighted by molar-refractivity contribution is -0.145. The first-order chi connectivity index (χ1) is 8.57. The molecule has 3 atom stereocenters. The summed E-state index contributed by atoms with van der Waals surface area (Å²) in [5.41, 5.74) is 5.24. The van der Waals surface area contributed by atoms with Gasteiger partial charge in [-0.25, -0.2) is 0 Å². The first kappa shape index (κ1) is 13.8. The number of amides is 1. The molecule has 1 aliphatic heterocycles. The smallest absolute Gasteiger partial charge is 0.241 e. The van der Waals surface area contributed by atoms with Crippen LogP contribution in [0.2, 0.25) is 0 Å². The number of carbonyl (C=O) groups is 1. The zero-order valence-corrected chi connectivity index (χ0v) is 11.1. The van der Waals surface area contributed by atoms with Crippen LogP contribution in [0.5, 0.6) is 0 Å². The highest BCUT2D eigenvalue weighted by atomic mass is 16.5. The number of carbonyl (C=O) groups excluding carboxylic acids is 1. The lowest BCUT2D eigenvalue weighted by atomic mass is 9.71. The van der Waals surface area contributed by atoms with Crippen molar-refractivity contribution < 1.29 is 14.6 Å². The lowest BCUT2D eigenvalue weighted by Crippen LogP contribution is -2.57. The molecule has 1 amide bonds. The number of nitrogens with zero attached hydrogens (tertiary/aromatic N) is 1. The molecule has 0 aromatic carbocycles. The number of aliphatic hydroxyl groups is 1. The molecule has 1 heterocycles. The van der Waals surface area contributed by atoms with Gasteiger partial charge >= 0.3 is 0 Å². The highest BCUT2D eigenvalue weighted by molar-refractivity contribution is 5.82. The van der Waals surface area contributed by atoms with E-state index in [-0.39, 0.29) is 18.4 Å². The van der Waals surface area contributed by atoms with E-state index in [0.717, 1.165) is 25.7 Å². The molecule has 1 saturated heterocycles. The van der Waals surface area contributed by atoms with Gasteiger partial charge in [-0.15, -0.1) is 0 Å². The topological polar surface area (TPSA) is 75.8 Å². The second kappa shape index (κ2) is 5.55. The minimum absolute atomic E-state index is 0.0514. The maximum atomic E-state index is 12.1. The zero-order chi connectivity index (χ0) is 13.2. The van der Waals surface area contributed by atoms with Gasteiger partial charge in [0.15, 0.2) is 0 Å². The summed E-state index contributed by atoms with van der Waals surface area (Å²) in [6.07, 6.45) is 4.83. The van der Waals surface area contributed by atoms with Crippen molar-refractivity contribution >= 4 is 5.91 Å². The van der Waals surface area contributed by atoms with Crippen LogP contribution in [0.3, 0.4) is 0 Å². The summed E-state index contributed by atoms with van der Waals surface area (Å²) < 4.78 is 4.92. The fourth-order valence-electron chi connectivity index (χ4n) is 3.26. The fourth-order valence-corrected chi connectivity index (χ4v) is 3.26. The molecule has 0 spiro atoms. The molecule has 3 unspecified atom stereocenters. The van der Waals surface area contributed by atoms with Crippen LogP contribution in [0.25, 0.3) is 0 Å². The Bertz CT molecular complexity index is 311. The van der Waals surface area contributed by atoms with Crippen molar-refractivity contribution in [2.45, 2.75) is 43.7 Å². The molecule has 0 aromatic rings. The van der Waals surface area contributed by atoms with Crippen LogP contribution in [-0.4, -0.2) is 54.4 Å². The van der Waals surface area contributed by atoms with Crippen molar-refractivity contribution in [3.8, 4) is 0 Å². The van der Waals surface area contributed by atoms with Gasteiger partial charge in [0.25, 0.3) is 0 Å². The zero-order valence-electron chi connectivity index (χ0n) is 11.1. The summed E-state index contributed by atoms with van der Waals surface area (Å²) in [4.78, 5) is 13.9. The van der Waals surface area contributed by atoms with E-state index in [1.807, 2.05) is 0 Å². The van der Waals surface area contributed by atoms with Gasteiger partial charge in [0, 0.05) is 26.1 Å². The predicted molar refractivity (Wildman–Crippen MR) is 68.0 cm³/mol. The number of hydrogen-bond acceptors (Lipinski definition) is 4. The van der Waals surface area contributed by atoms with Crippen LogP contribution in [0.1, 0.15) is 32.1 Å². The van der Waals surface area contributed by atoms with Gasteiger partial charge in [-0.05, 0) is 19.3 Å². The molecular formula is C13H24N2O3. The average Bonchev–Trinajstić information content (AvgIpc) is 2.37. The SMILES string of the molecule is COCC(N)C(=O)N1CCC2(O)CCCCC2C1. The molecule has 1 saturated carbocycles. The fraction of sp³-hybridized carbons (Fsp3) is 0.923.